The third-order valence-electron chi connectivity index (χ3n) is 5.83. The van der Waals surface area contributed by atoms with Crippen LogP contribution in [0.3, 0.4) is 0 Å². The lowest BCUT2D eigenvalue weighted by molar-refractivity contribution is -0.132. The first-order chi connectivity index (χ1) is 13.0. The largest absolute Gasteiger partial charge is 0.494 e. The number of amides is 1. The molecule has 1 atom stereocenters. The fourth-order valence-electron chi connectivity index (χ4n) is 3.98. The van der Waals surface area contributed by atoms with Gasteiger partial charge in [-0.1, -0.05) is 0 Å². The molecule has 27 heavy (non-hydrogen) atoms. The number of ether oxygens (including phenoxy) is 2. The summed E-state index contributed by atoms with van der Waals surface area (Å²) in [6.07, 6.45) is 3.13. The molecule has 150 valence electrons. The summed E-state index contributed by atoms with van der Waals surface area (Å²) in [5.74, 6) is 0.427. The summed E-state index contributed by atoms with van der Waals surface area (Å²) < 4.78 is 24.4. The van der Waals surface area contributed by atoms with Gasteiger partial charge in [-0.3, -0.25) is 10.1 Å². The molecule has 0 bridgehead atoms. The van der Waals surface area contributed by atoms with E-state index in [0.29, 0.717) is 6.42 Å². The molecule has 1 amide bonds. The molecule has 0 aliphatic carbocycles. The van der Waals surface area contributed by atoms with Gasteiger partial charge in [-0.2, -0.15) is 4.39 Å². The highest BCUT2D eigenvalue weighted by Crippen LogP contribution is 2.36. The predicted molar refractivity (Wildman–Crippen MR) is 102 cm³/mol. The minimum absolute atomic E-state index is 0.00913. The Morgan fingerprint density at radius 1 is 1.26 bits per heavy atom. The van der Waals surface area contributed by atoms with Crippen LogP contribution in [0.4, 0.5) is 4.39 Å². The Kier molecular flexibility index (Phi) is 6.22. The minimum atomic E-state index is -0.472. The highest BCUT2D eigenvalue weighted by molar-refractivity contribution is 5.76. The van der Waals surface area contributed by atoms with Gasteiger partial charge in [0.25, 0.3) is 0 Å². The lowest BCUT2D eigenvalue weighted by Crippen LogP contribution is -2.42. The van der Waals surface area contributed by atoms with Crippen LogP contribution in [-0.4, -0.2) is 56.9 Å². The molecule has 0 unspecified atom stereocenters. The molecule has 3 rings (SSSR count). The minimum Gasteiger partial charge on any atom is -0.494 e. The average molecular weight is 379 g/mol. The highest BCUT2D eigenvalue weighted by Gasteiger charge is 2.30. The SMILES string of the molecule is COc1cc(C2CCN(C(=O)CC[C@]3(C)CNCN3)CC2)cc(OC)c1F. The molecule has 2 N–H and O–H groups in total. The maximum absolute atomic E-state index is 14.1. The number of carbonyl (C=O) groups is 1. The van der Waals surface area contributed by atoms with E-state index in [0.717, 1.165) is 51.1 Å². The molecule has 1 aromatic rings. The number of hydrogen-bond donors (Lipinski definition) is 2. The Labute approximate surface area is 160 Å². The van der Waals surface area contributed by atoms with Crippen LogP contribution in [0.2, 0.25) is 0 Å². The van der Waals surface area contributed by atoms with Crippen molar-refractivity contribution >= 4 is 5.91 Å². The van der Waals surface area contributed by atoms with E-state index in [9.17, 15) is 9.18 Å². The molecule has 2 aliphatic rings. The summed E-state index contributed by atoms with van der Waals surface area (Å²) in [6, 6.07) is 3.50. The summed E-state index contributed by atoms with van der Waals surface area (Å²) in [6.45, 7) is 5.32. The molecule has 0 saturated carbocycles. The Morgan fingerprint density at radius 3 is 2.41 bits per heavy atom. The number of benzene rings is 1. The monoisotopic (exact) mass is 379 g/mol. The second-order valence-electron chi connectivity index (χ2n) is 7.74. The second-order valence-corrected chi connectivity index (χ2v) is 7.74. The van der Waals surface area contributed by atoms with Gasteiger partial charge >= 0.3 is 0 Å². The number of piperidine rings is 1. The molecular formula is C20H30FN3O3. The van der Waals surface area contributed by atoms with Crippen molar-refractivity contribution in [3.05, 3.63) is 23.5 Å². The first-order valence-corrected chi connectivity index (χ1v) is 9.61. The van der Waals surface area contributed by atoms with Crippen molar-refractivity contribution in [1.82, 2.24) is 15.5 Å². The number of likely N-dealkylation sites (tertiary alicyclic amines) is 1. The van der Waals surface area contributed by atoms with E-state index in [-0.39, 0.29) is 28.9 Å². The Bertz CT molecular complexity index is 643. The predicted octanol–water partition coefficient (Wildman–Crippen LogP) is 2.24. The van der Waals surface area contributed by atoms with Crippen molar-refractivity contribution < 1.29 is 18.7 Å². The Morgan fingerprint density at radius 2 is 1.89 bits per heavy atom. The van der Waals surface area contributed by atoms with Gasteiger partial charge in [0, 0.05) is 38.3 Å². The second kappa shape index (κ2) is 8.44. The van der Waals surface area contributed by atoms with E-state index in [1.54, 1.807) is 12.1 Å². The van der Waals surface area contributed by atoms with Crippen molar-refractivity contribution in [1.29, 1.82) is 0 Å². The zero-order valence-electron chi connectivity index (χ0n) is 16.4. The van der Waals surface area contributed by atoms with E-state index >= 15 is 0 Å². The zero-order chi connectivity index (χ0) is 19.4. The lowest BCUT2D eigenvalue weighted by Gasteiger charge is -2.33. The number of rotatable bonds is 6. The van der Waals surface area contributed by atoms with Gasteiger partial charge in [-0.05, 0) is 49.8 Å². The molecule has 2 aliphatic heterocycles. The third-order valence-corrected chi connectivity index (χ3v) is 5.83. The third kappa shape index (κ3) is 4.52. The zero-order valence-corrected chi connectivity index (χ0v) is 16.4. The molecule has 7 heteroatoms. The average Bonchev–Trinajstić information content (AvgIpc) is 3.13. The number of carbonyl (C=O) groups excluding carboxylic acids is 1. The fraction of sp³-hybridized carbons (Fsp3) is 0.650. The molecule has 0 spiro atoms. The van der Waals surface area contributed by atoms with Crippen molar-refractivity contribution in [2.75, 3.05) is 40.5 Å². The van der Waals surface area contributed by atoms with Crippen LogP contribution in [0.15, 0.2) is 12.1 Å². The number of methoxy groups -OCH3 is 2. The van der Waals surface area contributed by atoms with Gasteiger partial charge < -0.3 is 19.7 Å². The molecular weight excluding hydrogens is 349 g/mol. The van der Waals surface area contributed by atoms with Crippen LogP contribution in [0.25, 0.3) is 0 Å². The van der Waals surface area contributed by atoms with E-state index in [1.165, 1.54) is 14.2 Å². The van der Waals surface area contributed by atoms with Crippen molar-refractivity contribution in [3.8, 4) is 11.5 Å². The van der Waals surface area contributed by atoms with Crippen molar-refractivity contribution in [2.24, 2.45) is 0 Å². The maximum atomic E-state index is 14.1. The first-order valence-electron chi connectivity index (χ1n) is 9.61. The molecule has 2 fully saturated rings. The maximum Gasteiger partial charge on any atom is 0.222 e. The van der Waals surface area contributed by atoms with Gasteiger partial charge in [0.15, 0.2) is 11.5 Å². The number of nitrogens with one attached hydrogen (secondary N) is 2. The molecule has 1 aromatic carbocycles. The smallest absolute Gasteiger partial charge is 0.222 e. The van der Waals surface area contributed by atoms with Crippen LogP contribution in [0, 0.1) is 5.82 Å². The Balaban J connectivity index is 1.56. The summed E-state index contributed by atoms with van der Waals surface area (Å²) in [4.78, 5) is 14.5. The quantitative estimate of drug-likeness (QED) is 0.794. The summed E-state index contributed by atoms with van der Waals surface area (Å²) in [7, 11) is 2.91. The summed E-state index contributed by atoms with van der Waals surface area (Å²) >= 11 is 0. The first kappa shape index (κ1) is 19.9. The van der Waals surface area contributed by atoms with Gasteiger partial charge in [0.1, 0.15) is 0 Å². The van der Waals surface area contributed by atoms with E-state index < -0.39 is 5.82 Å². The van der Waals surface area contributed by atoms with Gasteiger partial charge in [-0.15, -0.1) is 0 Å². The van der Waals surface area contributed by atoms with Crippen LogP contribution < -0.4 is 20.1 Å². The van der Waals surface area contributed by atoms with E-state index in [4.69, 9.17) is 9.47 Å². The lowest BCUT2D eigenvalue weighted by atomic mass is 9.88. The molecule has 2 saturated heterocycles. The normalized spacial score (nSPS) is 23.5. The van der Waals surface area contributed by atoms with E-state index in [1.807, 2.05) is 4.90 Å². The molecule has 0 radical (unpaired) electrons. The van der Waals surface area contributed by atoms with Gasteiger partial charge in [0.05, 0.1) is 14.2 Å². The van der Waals surface area contributed by atoms with Crippen LogP contribution in [-0.2, 0) is 4.79 Å². The van der Waals surface area contributed by atoms with Crippen LogP contribution in [0.5, 0.6) is 11.5 Å². The number of halogens is 1. The highest BCUT2D eigenvalue weighted by atomic mass is 19.1. The van der Waals surface area contributed by atoms with Crippen molar-refractivity contribution in [2.45, 2.75) is 44.1 Å². The molecule has 2 heterocycles. The van der Waals surface area contributed by atoms with Gasteiger partial charge in [0.2, 0.25) is 11.7 Å². The fourth-order valence-corrected chi connectivity index (χ4v) is 3.98. The molecule has 6 nitrogen and oxygen atoms in total. The number of nitrogens with zero attached hydrogens (tertiary/aromatic N) is 1. The summed E-state index contributed by atoms with van der Waals surface area (Å²) in [5.41, 5.74) is 1.01. The standard InChI is InChI=1S/C20H30FN3O3/c1-20(12-22-13-23-20)7-4-18(25)24-8-5-14(6-9-24)15-10-16(26-2)19(21)17(11-15)27-3/h10-11,14,22-23H,4-9,12-13H2,1-3H3/t20-/m1/s1. The van der Waals surface area contributed by atoms with Crippen molar-refractivity contribution in [3.63, 3.8) is 0 Å². The molecule has 0 aromatic heterocycles. The Hall–Kier alpha value is -1.86. The van der Waals surface area contributed by atoms with E-state index in [2.05, 4.69) is 17.6 Å². The van der Waals surface area contributed by atoms with Crippen LogP contribution in [0.1, 0.15) is 44.1 Å². The van der Waals surface area contributed by atoms with Gasteiger partial charge in [-0.25, -0.2) is 0 Å². The number of hydrogen-bond acceptors (Lipinski definition) is 5. The summed E-state index contributed by atoms with van der Waals surface area (Å²) in [5, 5.41) is 6.69. The topological polar surface area (TPSA) is 62.8 Å². The van der Waals surface area contributed by atoms with Crippen LogP contribution >= 0.6 is 0 Å².